The van der Waals surface area contributed by atoms with Crippen LogP contribution in [0.15, 0.2) is 24.3 Å². The van der Waals surface area contributed by atoms with Gasteiger partial charge in [0, 0.05) is 64.1 Å². The second-order valence-corrected chi connectivity index (χ2v) is 15.7. The maximum absolute atomic E-state index is 13.8. The molecular weight excluding hydrogens is 704 g/mol. The lowest BCUT2D eigenvalue weighted by molar-refractivity contribution is -0.0508. The Balaban J connectivity index is 1.19. The zero-order valence-corrected chi connectivity index (χ0v) is 32.4. The molecule has 2 unspecified atom stereocenters. The second kappa shape index (κ2) is 18.5. The number of nitrogens with zero attached hydrogens (tertiary/aromatic N) is 4. The number of aromatic nitrogens is 4. The van der Waals surface area contributed by atoms with Crippen LogP contribution >= 0.6 is 0 Å². The number of aldehydes is 1. The molecule has 0 bridgehead atoms. The lowest BCUT2D eigenvalue weighted by Gasteiger charge is -2.40. The van der Waals surface area contributed by atoms with E-state index in [4.69, 9.17) is 24.4 Å². The molecule has 3 aliphatic rings. The molecule has 3 N–H and O–H groups in total. The quantitative estimate of drug-likeness (QED) is 0.172. The average molecular weight is 761 g/mol. The third-order valence-electron chi connectivity index (χ3n) is 11.1. The SMILES string of the molecule is CCc1nn(C[C@@H](C)CO)c2c1C(=O)NCC1(CCOC(CCc3nn(C[C@@H](C)COC(=O)c4ccc(C=O)cc4)c4c3C(=O)NCCCOCCC4)C1)C2. The van der Waals surface area contributed by atoms with Crippen LogP contribution in [0, 0.1) is 17.3 Å². The van der Waals surface area contributed by atoms with Gasteiger partial charge in [-0.1, -0.05) is 32.9 Å². The van der Waals surface area contributed by atoms with Crippen LogP contribution in [0.5, 0.6) is 0 Å². The van der Waals surface area contributed by atoms with Gasteiger partial charge in [0.05, 0.1) is 52.2 Å². The van der Waals surface area contributed by atoms with E-state index < -0.39 is 5.97 Å². The van der Waals surface area contributed by atoms with Gasteiger partial charge in [-0.25, -0.2) is 4.79 Å². The molecule has 2 aromatic heterocycles. The van der Waals surface area contributed by atoms with Gasteiger partial charge in [0.15, 0.2) is 0 Å². The summed E-state index contributed by atoms with van der Waals surface area (Å²) in [6.45, 7) is 9.92. The number of nitrogens with one attached hydrogen (secondary N) is 2. The maximum Gasteiger partial charge on any atom is 0.338 e. The maximum atomic E-state index is 13.8. The molecule has 3 aliphatic heterocycles. The van der Waals surface area contributed by atoms with Gasteiger partial charge in [-0.15, -0.1) is 0 Å². The normalized spacial score (nSPS) is 21.6. The number of esters is 1. The summed E-state index contributed by atoms with van der Waals surface area (Å²) in [7, 11) is 0. The minimum absolute atomic E-state index is 0.00599. The summed E-state index contributed by atoms with van der Waals surface area (Å²) in [6, 6.07) is 6.32. The Hall–Kier alpha value is -4.40. The van der Waals surface area contributed by atoms with Gasteiger partial charge in [0.25, 0.3) is 11.8 Å². The van der Waals surface area contributed by atoms with Gasteiger partial charge >= 0.3 is 5.97 Å². The highest BCUT2D eigenvalue weighted by Crippen LogP contribution is 2.41. The first kappa shape index (κ1) is 40.3. The number of amides is 2. The molecular formula is C41H56N6O8. The van der Waals surface area contributed by atoms with E-state index in [2.05, 4.69) is 10.6 Å². The molecule has 0 aliphatic carbocycles. The minimum atomic E-state index is -0.467. The van der Waals surface area contributed by atoms with Crippen molar-refractivity contribution in [3.05, 3.63) is 69.3 Å². The summed E-state index contributed by atoms with van der Waals surface area (Å²) in [6.07, 6.45) is 6.74. The fourth-order valence-corrected chi connectivity index (χ4v) is 8.06. The third-order valence-corrected chi connectivity index (χ3v) is 11.1. The van der Waals surface area contributed by atoms with Crippen molar-refractivity contribution in [2.45, 2.75) is 97.8 Å². The van der Waals surface area contributed by atoms with Crippen LogP contribution < -0.4 is 10.6 Å². The monoisotopic (exact) mass is 760 g/mol. The summed E-state index contributed by atoms with van der Waals surface area (Å²) in [5.74, 6) is -0.799. The lowest BCUT2D eigenvalue weighted by atomic mass is 9.73. The molecule has 298 valence electrons. The fraction of sp³-hybridized carbons (Fsp3) is 0.610. The summed E-state index contributed by atoms with van der Waals surface area (Å²) in [5, 5.41) is 26.0. The largest absolute Gasteiger partial charge is 0.462 e. The van der Waals surface area contributed by atoms with E-state index in [-0.39, 0.29) is 48.4 Å². The predicted molar refractivity (Wildman–Crippen MR) is 203 cm³/mol. The van der Waals surface area contributed by atoms with Crippen molar-refractivity contribution in [2.24, 2.45) is 17.3 Å². The number of benzene rings is 1. The summed E-state index contributed by atoms with van der Waals surface area (Å²) >= 11 is 0. The topological polar surface area (TPSA) is 176 Å². The van der Waals surface area contributed by atoms with Gasteiger partial charge < -0.3 is 30.0 Å². The van der Waals surface area contributed by atoms with Crippen LogP contribution in [0.2, 0.25) is 0 Å². The third kappa shape index (κ3) is 9.71. The Kier molecular flexibility index (Phi) is 13.5. The molecule has 0 radical (unpaired) electrons. The van der Waals surface area contributed by atoms with Crippen molar-refractivity contribution in [1.82, 2.24) is 30.2 Å². The number of hydrogen-bond acceptors (Lipinski definition) is 10. The second-order valence-electron chi connectivity index (χ2n) is 15.7. The standard InChI is InChI=1S/C41H56N6O8/c1-4-32-36-35(47(44-32)21-27(2)23-48)20-41(26-43-39(36)51)14-18-54-31(19-41)12-13-33-37-34(7-5-16-53-17-6-15-42-38(37)50)46(45-33)22-28(3)25-55-40(52)30-10-8-29(24-49)9-11-30/h8-11,24,27-28,31,48H,4-7,12-23,25-26H2,1-3H3,(H,42,50)(H,43,51)/t27-,28-,31?,41?/m1/s1. The zero-order valence-electron chi connectivity index (χ0n) is 32.4. The predicted octanol–water partition coefficient (Wildman–Crippen LogP) is 3.74. The van der Waals surface area contributed by atoms with Crippen molar-refractivity contribution >= 4 is 24.1 Å². The van der Waals surface area contributed by atoms with Crippen LogP contribution in [0.1, 0.15) is 117 Å². The summed E-state index contributed by atoms with van der Waals surface area (Å²) < 4.78 is 21.7. The number of rotatable bonds is 13. The van der Waals surface area contributed by atoms with E-state index in [0.717, 1.165) is 54.7 Å². The van der Waals surface area contributed by atoms with Gasteiger partial charge in [0.1, 0.15) is 6.29 Å². The summed E-state index contributed by atoms with van der Waals surface area (Å²) in [4.78, 5) is 51.0. The van der Waals surface area contributed by atoms with Crippen molar-refractivity contribution in [2.75, 3.05) is 46.1 Å². The Bertz CT molecular complexity index is 1820. The molecule has 1 aromatic carbocycles. The van der Waals surface area contributed by atoms with Crippen molar-refractivity contribution in [1.29, 1.82) is 0 Å². The number of ether oxygens (including phenoxy) is 3. The van der Waals surface area contributed by atoms with Crippen molar-refractivity contribution in [3.8, 4) is 0 Å². The smallest absolute Gasteiger partial charge is 0.338 e. The molecule has 14 heteroatoms. The van der Waals surface area contributed by atoms with Crippen LogP contribution in [-0.2, 0) is 53.0 Å². The summed E-state index contributed by atoms with van der Waals surface area (Å²) in [5.41, 5.74) is 5.20. The molecule has 1 spiro atoms. The Morgan fingerprint density at radius 1 is 1.00 bits per heavy atom. The molecule has 4 atom stereocenters. The van der Waals surface area contributed by atoms with E-state index in [1.807, 2.05) is 30.1 Å². The molecule has 0 saturated carbocycles. The number of aliphatic hydroxyl groups excluding tert-OH is 1. The molecule has 14 nitrogen and oxygen atoms in total. The van der Waals surface area contributed by atoms with Crippen molar-refractivity contribution in [3.63, 3.8) is 0 Å². The fourth-order valence-electron chi connectivity index (χ4n) is 8.06. The molecule has 3 aromatic rings. The Morgan fingerprint density at radius 3 is 2.47 bits per heavy atom. The number of carbonyl (C=O) groups excluding carboxylic acids is 4. The molecule has 55 heavy (non-hydrogen) atoms. The molecule has 1 saturated heterocycles. The number of hydrogen-bond donors (Lipinski definition) is 3. The highest BCUT2D eigenvalue weighted by molar-refractivity contribution is 5.97. The van der Waals surface area contributed by atoms with Gasteiger partial charge in [-0.05, 0) is 81.3 Å². The average Bonchev–Trinajstić information content (AvgIpc) is 3.66. The van der Waals surface area contributed by atoms with E-state index in [1.54, 1.807) is 24.3 Å². The van der Waals surface area contributed by atoms with Crippen LogP contribution in [0.4, 0.5) is 0 Å². The van der Waals surface area contributed by atoms with Crippen LogP contribution in [0.3, 0.4) is 0 Å². The van der Waals surface area contributed by atoms with E-state index >= 15 is 0 Å². The van der Waals surface area contributed by atoms with Gasteiger partial charge in [-0.3, -0.25) is 23.7 Å². The molecule has 1 fully saturated rings. The highest BCUT2D eigenvalue weighted by atomic mass is 16.5. The first-order valence-corrected chi connectivity index (χ1v) is 19.9. The van der Waals surface area contributed by atoms with Crippen LogP contribution in [-0.4, -0.2) is 101 Å². The first-order chi connectivity index (χ1) is 26.6. The van der Waals surface area contributed by atoms with E-state index in [9.17, 15) is 24.3 Å². The van der Waals surface area contributed by atoms with Crippen molar-refractivity contribution < 1.29 is 38.5 Å². The minimum Gasteiger partial charge on any atom is -0.462 e. The first-order valence-electron chi connectivity index (χ1n) is 19.9. The van der Waals surface area contributed by atoms with E-state index in [0.29, 0.717) is 100 Å². The zero-order chi connectivity index (χ0) is 39.0. The molecule has 5 heterocycles. The number of aliphatic hydroxyl groups is 1. The van der Waals surface area contributed by atoms with Crippen LogP contribution in [0.25, 0.3) is 0 Å². The Labute approximate surface area is 322 Å². The van der Waals surface area contributed by atoms with Gasteiger partial charge in [-0.2, -0.15) is 10.2 Å². The lowest BCUT2D eigenvalue weighted by Crippen LogP contribution is -2.44. The number of carbonyl (C=O) groups is 4. The molecule has 6 rings (SSSR count). The number of fused-ring (bicyclic) bond motifs is 2. The molecule has 2 amide bonds. The Morgan fingerprint density at radius 2 is 1.71 bits per heavy atom. The highest BCUT2D eigenvalue weighted by Gasteiger charge is 2.42. The van der Waals surface area contributed by atoms with E-state index in [1.165, 1.54) is 0 Å². The van der Waals surface area contributed by atoms with Gasteiger partial charge in [0.2, 0.25) is 0 Å². The number of aryl methyl sites for hydroxylation is 2.